The van der Waals surface area contributed by atoms with Crippen LogP contribution < -0.4 is 15.8 Å². The summed E-state index contributed by atoms with van der Waals surface area (Å²) >= 11 is 1.14. The van der Waals surface area contributed by atoms with Crippen molar-refractivity contribution < 1.29 is 13.9 Å². The number of likely N-dealkylation sites (N-methyl/N-ethyl adjacent to an activating group) is 1. The van der Waals surface area contributed by atoms with E-state index in [1.165, 1.54) is 24.6 Å². The summed E-state index contributed by atoms with van der Waals surface area (Å²) in [5, 5.41) is 3.65. The molecular formula is C22H23FN4O2S. The molecule has 30 heavy (non-hydrogen) atoms. The maximum absolute atomic E-state index is 13.4. The highest BCUT2D eigenvalue weighted by Crippen LogP contribution is 2.30. The summed E-state index contributed by atoms with van der Waals surface area (Å²) in [4.78, 5) is 19.4. The Kier molecular flexibility index (Phi) is 5.96. The third kappa shape index (κ3) is 4.60. The zero-order chi connectivity index (χ0) is 21.1. The molecule has 0 amide bonds. The molecule has 0 saturated carbocycles. The third-order valence-electron chi connectivity index (χ3n) is 5.17. The van der Waals surface area contributed by atoms with E-state index >= 15 is 0 Å². The minimum Gasteiger partial charge on any atom is -0.492 e. The van der Waals surface area contributed by atoms with Crippen LogP contribution in [0.15, 0.2) is 48.5 Å². The summed E-state index contributed by atoms with van der Waals surface area (Å²) in [6.45, 7) is 1.80. The van der Waals surface area contributed by atoms with Gasteiger partial charge in [-0.3, -0.25) is 4.79 Å². The van der Waals surface area contributed by atoms with Crippen LogP contribution in [0.25, 0.3) is 0 Å². The molecule has 1 saturated heterocycles. The minimum absolute atomic E-state index is 0.123. The summed E-state index contributed by atoms with van der Waals surface area (Å²) < 4.78 is 19.3. The molecule has 1 aromatic heterocycles. The van der Waals surface area contributed by atoms with Crippen molar-refractivity contribution >= 4 is 33.8 Å². The first kappa shape index (κ1) is 20.3. The average Bonchev–Trinajstić information content (AvgIpc) is 3.31. The van der Waals surface area contributed by atoms with Crippen LogP contribution in [0.1, 0.15) is 28.1 Å². The molecule has 0 unspecified atom stereocenters. The number of hydrogen-bond acceptors (Lipinski definition) is 7. The fourth-order valence-corrected chi connectivity index (χ4v) is 4.32. The second-order valence-electron chi connectivity index (χ2n) is 7.31. The number of hydrogen-bond donors (Lipinski definition) is 2. The van der Waals surface area contributed by atoms with Crippen molar-refractivity contribution in [3.8, 4) is 5.75 Å². The summed E-state index contributed by atoms with van der Waals surface area (Å²) in [5.41, 5.74) is 6.97. The van der Waals surface area contributed by atoms with E-state index in [9.17, 15) is 9.18 Å². The molecule has 3 N–H and O–H groups in total. The fourth-order valence-electron chi connectivity index (χ4n) is 3.45. The minimum atomic E-state index is -0.468. The van der Waals surface area contributed by atoms with Gasteiger partial charge in [0.1, 0.15) is 28.9 Å². The molecule has 156 valence electrons. The monoisotopic (exact) mass is 426 g/mol. The number of nitrogens with one attached hydrogen (secondary N) is 1. The molecule has 8 heteroatoms. The number of ether oxygens (including phenoxy) is 1. The van der Waals surface area contributed by atoms with Crippen LogP contribution in [0, 0.1) is 5.82 Å². The first-order valence-electron chi connectivity index (χ1n) is 9.76. The van der Waals surface area contributed by atoms with Crippen LogP contribution in [0.3, 0.4) is 0 Å². The Morgan fingerprint density at radius 2 is 2.13 bits per heavy atom. The van der Waals surface area contributed by atoms with Gasteiger partial charge in [-0.1, -0.05) is 23.5 Å². The molecule has 0 bridgehead atoms. The van der Waals surface area contributed by atoms with E-state index in [1.54, 1.807) is 6.07 Å². The van der Waals surface area contributed by atoms with Gasteiger partial charge in [0.15, 0.2) is 5.13 Å². The predicted molar refractivity (Wildman–Crippen MR) is 117 cm³/mol. The molecule has 1 atom stereocenters. The SMILES string of the molecule is CN1CCC[C@H]1COc1ccc(Nc2nc(N)c(C(=O)c3cccc(F)c3)s2)cc1. The summed E-state index contributed by atoms with van der Waals surface area (Å²) in [6, 6.07) is 13.6. The van der Waals surface area contributed by atoms with Crippen molar-refractivity contribution in [3.63, 3.8) is 0 Å². The smallest absolute Gasteiger partial charge is 0.206 e. The Morgan fingerprint density at radius 3 is 2.83 bits per heavy atom. The van der Waals surface area contributed by atoms with E-state index < -0.39 is 5.82 Å². The van der Waals surface area contributed by atoms with Crippen molar-refractivity contribution in [2.75, 3.05) is 31.2 Å². The Bertz CT molecular complexity index is 1040. The van der Waals surface area contributed by atoms with E-state index in [0.29, 0.717) is 17.8 Å². The zero-order valence-electron chi connectivity index (χ0n) is 16.6. The van der Waals surface area contributed by atoms with Gasteiger partial charge in [-0.2, -0.15) is 0 Å². The summed E-state index contributed by atoms with van der Waals surface area (Å²) in [5.74, 6) is 0.112. The number of nitrogens with zero attached hydrogens (tertiary/aromatic N) is 2. The van der Waals surface area contributed by atoms with Crippen LogP contribution >= 0.6 is 11.3 Å². The standard InChI is InChI=1S/C22H23FN4O2S/c1-27-11-3-6-17(27)13-29-18-9-7-16(8-10-18)25-22-26-21(24)20(30-22)19(28)14-4-2-5-15(23)12-14/h2,4-5,7-10,12,17H,3,6,11,13,24H2,1H3,(H,25,26)/t17-/m0/s1. The predicted octanol–water partition coefficient (Wildman–Crippen LogP) is 4.31. The van der Waals surface area contributed by atoms with Gasteiger partial charge in [0, 0.05) is 17.3 Å². The first-order chi connectivity index (χ1) is 14.5. The number of likely N-dealkylation sites (tertiary alicyclic amines) is 1. The molecule has 1 aliphatic rings. The highest BCUT2D eigenvalue weighted by molar-refractivity contribution is 7.18. The van der Waals surface area contributed by atoms with Gasteiger partial charge in [-0.25, -0.2) is 9.37 Å². The van der Waals surface area contributed by atoms with E-state index in [4.69, 9.17) is 10.5 Å². The molecular weight excluding hydrogens is 403 g/mol. The van der Waals surface area contributed by atoms with Crippen molar-refractivity contribution in [3.05, 3.63) is 64.8 Å². The second kappa shape index (κ2) is 8.81. The number of carbonyl (C=O) groups excluding carboxylic acids is 1. The lowest BCUT2D eigenvalue weighted by Gasteiger charge is -2.19. The average molecular weight is 427 g/mol. The number of anilines is 3. The molecule has 6 nitrogen and oxygen atoms in total. The number of benzene rings is 2. The van der Waals surface area contributed by atoms with E-state index in [1.807, 2.05) is 24.3 Å². The van der Waals surface area contributed by atoms with Crippen molar-refractivity contribution in [2.45, 2.75) is 18.9 Å². The van der Waals surface area contributed by atoms with Crippen LogP contribution in [0.4, 0.5) is 21.0 Å². The Morgan fingerprint density at radius 1 is 1.33 bits per heavy atom. The largest absolute Gasteiger partial charge is 0.492 e. The maximum atomic E-state index is 13.4. The molecule has 1 aliphatic heterocycles. The zero-order valence-corrected chi connectivity index (χ0v) is 17.4. The molecule has 4 rings (SSSR count). The van der Waals surface area contributed by atoms with Crippen molar-refractivity contribution in [2.24, 2.45) is 0 Å². The van der Waals surface area contributed by atoms with Gasteiger partial charge in [0.2, 0.25) is 5.78 Å². The number of halogens is 1. The molecule has 2 aromatic carbocycles. The van der Waals surface area contributed by atoms with Crippen LogP contribution in [0.2, 0.25) is 0 Å². The van der Waals surface area contributed by atoms with Gasteiger partial charge in [-0.15, -0.1) is 0 Å². The molecule has 1 fully saturated rings. The number of thiazole rings is 1. The quantitative estimate of drug-likeness (QED) is 0.548. The molecule has 0 aliphatic carbocycles. The highest BCUT2D eigenvalue weighted by atomic mass is 32.1. The molecule has 0 spiro atoms. The van der Waals surface area contributed by atoms with Gasteiger partial charge in [0.25, 0.3) is 0 Å². The lowest BCUT2D eigenvalue weighted by Crippen LogP contribution is -2.30. The Hall–Kier alpha value is -2.97. The summed E-state index contributed by atoms with van der Waals surface area (Å²) in [6.07, 6.45) is 2.38. The summed E-state index contributed by atoms with van der Waals surface area (Å²) in [7, 11) is 2.13. The fraction of sp³-hybridized carbons (Fsp3) is 0.273. The Labute approximate surface area is 178 Å². The lowest BCUT2D eigenvalue weighted by atomic mass is 10.1. The number of rotatable bonds is 7. The lowest BCUT2D eigenvalue weighted by molar-refractivity contribution is 0.104. The number of carbonyl (C=O) groups is 1. The van der Waals surface area contributed by atoms with Crippen LogP contribution in [-0.4, -0.2) is 41.9 Å². The second-order valence-corrected chi connectivity index (χ2v) is 8.31. The number of nitrogens with two attached hydrogens (primary N) is 1. The van der Waals surface area contributed by atoms with Crippen molar-refractivity contribution in [1.82, 2.24) is 9.88 Å². The molecule has 3 aromatic rings. The van der Waals surface area contributed by atoms with Crippen molar-refractivity contribution in [1.29, 1.82) is 0 Å². The maximum Gasteiger partial charge on any atom is 0.206 e. The van der Waals surface area contributed by atoms with Gasteiger partial charge in [-0.05, 0) is 62.8 Å². The normalized spacial score (nSPS) is 16.5. The van der Waals surface area contributed by atoms with E-state index in [-0.39, 0.29) is 22.0 Å². The number of nitrogen functional groups attached to an aromatic ring is 1. The Balaban J connectivity index is 1.40. The first-order valence-corrected chi connectivity index (χ1v) is 10.6. The van der Waals surface area contributed by atoms with E-state index in [2.05, 4.69) is 22.2 Å². The topological polar surface area (TPSA) is 80.5 Å². The third-order valence-corrected chi connectivity index (χ3v) is 6.15. The van der Waals surface area contributed by atoms with E-state index in [0.717, 1.165) is 35.7 Å². The van der Waals surface area contributed by atoms with Gasteiger partial charge < -0.3 is 20.7 Å². The van der Waals surface area contributed by atoms with Crippen LogP contribution in [-0.2, 0) is 0 Å². The molecule has 0 radical (unpaired) electrons. The number of ketones is 1. The highest BCUT2D eigenvalue weighted by Gasteiger charge is 2.21. The van der Waals surface area contributed by atoms with Crippen LogP contribution in [0.5, 0.6) is 5.75 Å². The van der Waals surface area contributed by atoms with Gasteiger partial charge >= 0.3 is 0 Å². The molecule has 2 heterocycles. The number of aromatic nitrogens is 1. The van der Waals surface area contributed by atoms with Gasteiger partial charge in [0.05, 0.1) is 0 Å².